The van der Waals surface area contributed by atoms with Gasteiger partial charge in [-0.25, -0.2) is 0 Å². The second kappa shape index (κ2) is 6.91. The molecule has 0 aromatic carbocycles. The number of nitrogens with one attached hydrogen (secondary N) is 2. The summed E-state index contributed by atoms with van der Waals surface area (Å²) in [6.45, 7) is 2.24. The van der Waals surface area contributed by atoms with Crippen LogP contribution in [0.15, 0.2) is 40.5 Å². The first-order valence-corrected chi connectivity index (χ1v) is 7.18. The molecule has 20 heavy (non-hydrogen) atoms. The summed E-state index contributed by atoms with van der Waals surface area (Å²) in [6, 6.07) is 5.50. The van der Waals surface area contributed by atoms with Gasteiger partial charge in [-0.15, -0.1) is 11.3 Å². The highest BCUT2D eigenvalue weighted by Gasteiger charge is 2.11. The van der Waals surface area contributed by atoms with Gasteiger partial charge >= 0.3 is 0 Å². The maximum absolute atomic E-state index is 11.7. The lowest BCUT2D eigenvalue weighted by molar-refractivity contribution is -0.121. The average Bonchev–Trinajstić information content (AvgIpc) is 3.12. The molecular formula is C14H16N2O3S. The largest absolute Gasteiger partial charge is 0.472 e. The third-order valence-corrected chi connectivity index (χ3v) is 3.82. The van der Waals surface area contributed by atoms with Crippen molar-refractivity contribution < 1.29 is 14.0 Å². The maximum Gasteiger partial charge on any atom is 0.254 e. The van der Waals surface area contributed by atoms with Gasteiger partial charge in [0.25, 0.3) is 5.91 Å². The van der Waals surface area contributed by atoms with Crippen LogP contribution in [0.4, 0.5) is 0 Å². The SMILES string of the molecule is C[C@H](NC(=O)CCNC(=O)c1ccoc1)c1cccs1. The molecule has 0 aliphatic carbocycles. The van der Waals surface area contributed by atoms with E-state index in [4.69, 9.17) is 4.42 Å². The number of thiophene rings is 1. The van der Waals surface area contributed by atoms with E-state index in [2.05, 4.69) is 10.6 Å². The van der Waals surface area contributed by atoms with Crippen LogP contribution in [0.2, 0.25) is 0 Å². The van der Waals surface area contributed by atoms with Crippen LogP contribution in [0.25, 0.3) is 0 Å². The summed E-state index contributed by atoms with van der Waals surface area (Å²) < 4.78 is 4.82. The van der Waals surface area contributed by atoms with Crippen molar-refractivity contribution in [3.8, 4) is 0 Å². The van der Waals surface area contributed by atoms with E-state index in [0.717, 1.165) is 4.88 Å². The minimum atomic E-state index is -0.238. The first-order chi connectivity index (χ1) is 9.66. The monoisotopic (exact) mass is 292 g/mol. The lowest BCUT2D eigenvalue weighted by Gasteiger charge is -2.12. The highest BCUT2D eigenvalue weighted by molar-refractivity contribution is 7.10. The summed E-state index contributed by atoms with van der Waals surface area (Å²) >= 11 is 1.61. The molecule has 6 heteroatoms. The van der Waals surface area contributed by atoms with Gasteiger partial charge in [0.2, 0.25) is 5.91 Å². The number of furan rings is 1. The Kier molecular flexibility index (Phi) is 4.95. The van der Waals surface area contributed by atoms with Crippen LogP contribution in [0, 0.1) is 0 Å². The van der Waals surface area contributed by atoms with Crippen molar-refractivity contribution in [1.29, 1.82) is 0 Å². The van der Waals surface area contributed by atoms with Crippen molar-refractivity contribution in [1.82, 2.24) is 10.6 Å². The number of carbonyl (C=O) groups is 2. The summed E-state index contributed by atoms with van der Waals surface area (Å²) in [6.07, 6.45) is 3.05. The smallest absolute Gasteiger partial charge is 0.254 e. The molecule has 2 amide bonds. The lowest BCUT2D eigenvalue weighted by Crippen LogP contribution is -2.31. The Hall–Kier alpha value is -2.08. The number of hydrogen-bond acceptors (Lipinski definition) is 4. The highest BCUT2D eigenvalue weighted by Crippen LogP contribution is 2.17. The Morgan fingerprint density at radius 3 is 2.90 bits per heavy atom. The summed E-state index contributed by atoms with van der Waals surface area (Å²) in [5, 5.41) is 7.53. The Bertz CT molecular complexity index is 549. The first kappa shape index (κ1) is 14.3. The fourth-order valence-corrected chi connectivity index (χ4v) is 2.44. The molecule has 1 atom stereocenters. The Morgan fingerprint density at radius 1 is 1.40 bits per heavy atom. The number of carbonyl (C=O) groups excluding carboxylic acids is 2. The van der Waals surface area contributed by atoms with E-state index in [0.29, 0.717) is 12.1 Å². The molecule has 0 bridgehead atoms. The molecule has 0 radical (unpaired) electrons. The predicted molar refractivity (Wildman–Crippen MR) is 76.5 cm³/mol. The van der Waals surface area contributed by atoms with Crippen molar-refractivity contribution in [3.63, 3.8) is 0 Å². The zero-order chi connectivity index (χ0) is 14.4. The topological polar surface area (TPSA) is 71.3 Å². The van der Waals surface area contributed by atoms with Gasteiger partial charge < -0.3 is 15.1 Å². The highest BCUT2D eigenvalue weighted by atomic mass is 32.1. The Balaban J connectivity index is 1.69. The van der Waals surface area contributed by atoms with Crippen molar-refractivity contribution in [2.75, 3.05) is 6.54 Å². The quantitative estimate of drug-likeness (QED) is 0.858. The summed E-state index contributed by atoms with van der Waals surface area (Å²) in [7, 11) is 0. The molecule has 0 fully saturated rings. The van der Waals surface area contributed by atoms with Crippen LogP contribution < -0.4 is 10.6 Å². The molecule has 2 aromatic rings. The second-order valence-corrected chi connectivity index (χ2v) is 5.30. The molecule has 2 rings (SSSR count). The number of rotatable bonds is 6. The molecule has 2 N–H and O–H groups in total. The Labute approximate surface area is 121 Å². The predicted octanol–water partition coefficient (Wildman–Crippen LogP) is 2.34. The van der Waals surface area contributed by atoms with E-state index in [9.17, 15) is 9.59 Å². The molecule has 0 saturated heterocycles. The lowest BCUT2D eigenvalue weighted by atomic mass is 10.2. The maximum atomic E-state index is 11.7. The van der Waals surface area contributed by atoms with Gasteiger partial charge in [0.05, 0.1) is 17.9 Å². The van der Waals surface area contributed by atoms with Gasteiger partial charge in [0.15, 0.2) is 0 Å². The van der Waals surface area contributed by atoms with Gasteiger partial charge in [0.1, 0.15) is 6.26 Å². The summed E-state index contributed by atoms with van der Waals surface area (Å²) in [4.78, 5) is 24.4. The normalized spacial score (nSPS) is 11.8. The standard InChI is InChI=1S/C14H16N2O3S/c1-10(12-3-2-8-20-12)16-13(17)4-6-15-14(18)11-5-7-19-9-11/h2-3,5,7-10H,4,6H2,1H3,(H,15,18)(H,16,17)/t10-/m0/s1. The van der Waals surface area contributed by atoms with Crippen LogP contribution in [0.3, 0.4) is 0 Å². The molecular weight excluding hydrogens is 276 g/mol. The van der Waals surface area contributed by atoms with Crippen LogP contribution in [0.1, 0.15) is 34.6 Å². The molecule has 0 aliphatic rings. The van der Waals surface area contributed by atoms with E-state index >= 15 is 0 Å². The second-order valence-electron chi connectivity index (χ2n) is 4.32. The van der Waals surface area contributed by atoms with Crippen LogP contribution in [0.5, 0.6) is 0 Å². The molecule has 106 valence electrons. The minimum absolute atomic E-state index is 0.00734. The van der Waals surface area contributed by atoms with Crippen molar-refractivity contribution in [2.24, 2.45) is 0 Å². The molecule has 0 unspecified atom stereocenters. The van der Waals surface area contributed by atoms with Gasteiger partial charge in [-0.3, -0.25) is 9.59 Å². The van der Waals surface area contributed by atoms with Gasteiger partial charge in [-0.2, -0.15) is 0 Å². The van der Waals surface area contributed by atoms with E-state index in [1.165, 1.54) is 12.5 Å². The van der Waals surface area contributed by atoms with E-state index in [1.807, 2.05) is 24.4 Å². The molecule has 5 nitrogen and oxygen atoms in total. The van der Waals surface area contributed by atoms with Crippen LogP contribution in [-0.2, 0) is 4.79 Å². The van der Waals surface area contributed by atoms with Crippen molar-refractivity contribution in [2.45, 2.75) is 19.4 Å². The molecule has 0 aliphatic heterocycles. The van der Waals surface area contributed by atoms with Gasteiger partial charge in [0, 0.05) is 17.8 Å². The van der Waals surface area contributed by atoms with Crippen LogP contribution in [-0.4, -0.2) is 18.4 Å². The average molecular weight is 292 g/mol. The molecule has 0 saturated carbocycles. The number of hydrogen-bond donors (Lipinski definition) is 2. The molecule has 2 heterocycles. The minimum Gasteiger partial charge on any atom is -0.472 e. The number of amides is 2. The van der Waals surface area contributed by atoms with Crippen molar-refractivity contribution >= 4 is 23.2 Å². The van der Waals surface area contributed by atoms with Crippen LogP contribution >= 0.6 is 11.3 Å². The third kappa shape index (κ3) is 3.96. The van der Waals surface area contributed by atoms with Gasteiger partial charge in [-0.1, -0.05) is 6.07 Å². The van der Waals surface area contributed by atoms with E-state index < -0.39 is 0 Å². The first-order valence-electron chi connectivity index (χ1n) is 6.30. The zero-order valence-electron chi connectivity index (χ0n) is 11.1. The fraction of sp³-hybridized carbons (Fsp3) is 0.286. The fourth-order valence-electron chi connectivity index (χ4n) is 1.71. The van der Waals surface area contributed by atoms with E-state index in [-0.39, 0.29) is 24.3 Å². The summed E-state index contributed by atoms with van der Waals surface area (Å²) in [5.41, 5.74) is 0.456. The molecule has 2 aromatic heterocycles. The van der Waals surface area contributed by atoms with E-state index in [1.54, 1.807) is 17.4 Å². The zero-order valence-corrected chi connectivity index (χ0v) is 11.9. The Morgan fingerprint density at radius 2 is 2.25 bits per heavy atom. The van der Waals surface area contributed by atoms with Gasteiger partial charge in [-0.05, 0) is 24.4 Å². The van der Waals surface area contributed by atoms with Crippen molar-refractivity contribution in [3.05, 3.63) is 46.5 Å². The summed E-state index contributed by atoms with van der Waals surface area (Å²) in [5.74, 6) is -0.323. The third-order valence-electron chi connectivity index (χ3n) is 2.77. The molecule has 0 spiro atoms.